The van der Waals surface area contributed by atoms with E-state index in [0.717, 1.165) is 18.8 Å². The van der Waals surface area contributed by atoms with Crippen LogP contribution < -0.4 is 5.32 Å². The quantitative estimate of drug-likeness (QED) is 0.695. The van der Waals surface area contributed by atoms with Crippen molar-refractivity contribution in [1.29, 1.82) is 0 Å². The summed E-state index contributed by atoms with van der Waals surface area (Å²) in [5.74, 6) is -0.127. The molecule has 0 saturated heterocycles. The summed E-state index contributed by atoms with van der Waals surface area (Å²) in [6, 6.07) is 17.6. The Balaban J connectivity index is 1.48. The summed E-state index contributed by atoms with van der Waals surface area (Å²) in [6.07, 6.45) is 3.28. The molecule has 1 heterocycles. The molecule has 5 nitrogen and oxygen atoms in total. The van der Waals surface area contributed by atoms with E-state index in [9.17, 15) is 4.79 Å². The highest BCUT2D eigenvalue weighted by molar-refractivity contribution is 6.30. The van der Waals surface area contributed by atoms with Gasteiger partial charge in [-0.15, -0.1) is 0 Å². The number of rotatable bonds is 7. The third-order valence-electron chi connectivity index (χ3n) is 4.01. The van der Waals surface area contributed by atoms with Crippen molar-refractivity contribution in [2.75, 3.05) is 20.1 Å². The van der Waals surface area contributed by atoms with Gasteiger partial charge in [-0.1, -0.05) is 41.9 Å². The van der Waals surface area contributed by atoms with Gasteiger partial charge in [0.05, 0.1) is 17.4 Å². The standard InChI is InChI=1S/C20H21ClN4O/c1-24(14-16-5-3-2-4-6-16)12-11-22-20(26)17-13-23-25(15-17)19-9-7-18(21)8-10-19/h2-10,13,15H,11-12,14H2,1H3,(H,22,26). The highest BCUT2D eigenvalue weighted by Gasteiger charge is 2.09. The first-order chi connectivity index (χ1) is 12.6. The van der Waals surface area contributed by atoms with Crippen LogP contribution in [0.5, 0.6) is 0 Å². The lowest BCUT2D eigenvalue weighted by atomic mass is 10.2. The van der Waals surface area contributed by atoms with E-state index in [2.05, 4.69) is 27.4 Å². The second kappa shape index (κ2) is 8.65. The predicted molar refractivity (Wildman–Crippen MR) is 104 cm³/mol. The van der Waals surface area contributed by atoms with Crippen LogP contribution in [0.3, 0.4) is 0 Å². The van der Waals surface area contributed by atoms with Crippen LogP contribution >= 0.6 is 11.6 Å². The summed E-state index contributed by atoms with van der Waals surface area (Å²) in [6.45, 7) is 2.20. The van der Waals surface area contributed by atoms with Gasteiger partial charge in [-0.2, -0.15) is 5.10 Å². The van der Waals surface area contributed by atoms with Gasteiger partial charge < -0.3 is 10.2 Å². The summed E-state index contributed by atoms with van der Waals surface area (Å²) < 4.78 is 1.66. The van der Waals surface area contributed by atoms with E-state index in [1.54, 1.807) is 29.2 Å². The van der Waals surface area contributed by atoms with E-state index in [0.29, 0.717) is 17.1 Å². The van der Waals surface area contributed by atoms with Gasteiger partial charge in [0.2, 0.25) is 0 Å². The van der Waals surface area contributed by atoms with E-state index < -0.39 is 0 Å². The third-order valence-corrected chi connectivity index (χ3v) is 4.26. The third kappa shape index (κ3) is 4.94. The lowest BCUT2D eigenvalue weighted by Crippen LogP contribution is -2.32. The Labute approximate surface area is 158 Å². The van der Waals surface area contributed by atoms with E-state index in [4.69, 9.17) is 11.6 Å². The van der Waals surface area contributed by atoms with Gasteiger partial charge in [-0.3, -0.25) is 4.79 Å². The number of carbonyl (C=O) groups is 1. The van der Waals surface area contributed by atoms with Crippen molar-refractivity contribution in [1.82, 2.24) is 20.0 Å². The fraction of sp³-hybridized carbons (Fsp3) is 0.200. The SMILES string of the molecule is CN(CCNC(=O)c1cnn(-c2ccc(Cl)cc2)c1)Cc1ccccc1. The largest absolute Gasteiger partial charge is 0.351 e. The van der Waals surface area contributed by atoms with Crippen LogP contribution in [0, 0.1) is 0 Å². The van der Waals surface area contributed by atoms with Crippen molar-refractivity contribution >= 4 is 17.5 Å². The molecule has 1 amide bonds. The molecule has 0 fully saturated rings. The van der Waals surface area contributed by atoms with Crippen LogP contribution in [0.1, 0.15) is 15.9 Å². The van der Waals surface area contributed by atoms with E-state index >= 15 is 0 Å². The molecule has 1 aromatic heterocycles. The van der Waals surface area contributed by atoms with Crippen molar-refractivity contribution in [3.05, 3.63) is 83.1 Å². The minimum absolute atomic E-state index is 0.127. The number of nitrogens with one attached hydrogen (secondary N) is 1. The second-order valence-corrected chi connectivity index (χ2v) is 6.57. The van der Waals surface area contributed by atoms with Crippen molar-refractivity contribution in [2.24, 2.45) is 0 Å². The minimum Gasteiger partial charge on any atom is -0.351 e. The van der Waals surface area contributed by atoms with Crippen LogP contribution in [-0.2, 0) is 6.54 Å². The first-order valence-corrected chi connectivity index (χ1v) is 8.81. The molecule has 0 aliphatic carbocycles. The van der Waals surface area contributed by atoms with E-state index in [-0.39, 0.29) is 5.91 Å². The Morgan fingerprint density at radius 2 is 1.88 bits per heavy atom. The maximum atomic E-state index is 12.3. The molecular weight excluding hydrogens is 348 g/mol. The molecule has 2 aromatic carbocycles. The highest BCUT2D eigenvalue weighted by Crippen LogP contribution is 2.13. The zero-order valence-corrected chi connectivity index (χ0v) is 15.4. The summed E-state index contributed by atoms with van der Waals surface area (Å²) in [5.41, 5.74) is 2.65. The molecule has 0 bridgehead atoms. The van der Waals surface area contributed by atoms with Crippen molar-refractivity contribution in [2.45, 2.75) is 6.54 Å². The number of hydrogen-bond donors (Lipinski definition) is 1. The maximum Gasteiger partial charge on any atom is 0.254 e. The smallest absolute Gasteiger partial charge is 0.254 e. The summed E-state index contributed by atoms with van der Waals surface area (Å²) in [4.78, 5) is 14.5. The van der Waals surface area contributed by atoms with Crippen LogP contribution in [0.25, 0.3) is 5.69 Å². The van der Waals surface area contributed by atoms with Gasteiger partial charge >= 0.3 is 0 Å². The monoisotopic (exact) mass is 368 g/mol. The molecule has 0 saturated carbocycles. The summed E-state index contributed by atoms with van der Waals surface area (Å²) >= 11 is 5.89. The zero-order valence-electron chi connectivity index (χ0n) is 14.6. The molecule has 1 N–H and O–H groups in total. The number of amides is 1. The molecule has 0 radical (unpaired) electrons. The van der Waals surface area contributed by atoms with Gasteiger partial charge in [0.1, 0.15) is 0 Å². The van der Waals surface area contributed by atoms with Gasteiger partial charge in [0, 0.05) is 30.9 Å². The highest BCUT2D eigenvalue weighted by atomic mass is 35.5. The fourth-order valence-electron chi connectivity index (χ4n) is 2.61. The van der Waals surface area contributed by atoms with Gasteiger partial charge in [0.15, 0.2) is 0 Å². The maximum absolute atomic E-state index is 12.3. The van der Waals surface area contributed by atoms with Crippen molar-refractivity contribution < 1.29 is 4.79 Å². The number of benzene rings is 2. The van der Waals surface area contributed by atoms with Crippen LogP contribution in [0.2, 0.25) is 5.02 Å². The normalized spacial score (nSPS) is 10.9. The van der Waals surface area contributed by atoms with Gasteiger partial charge in [0.25, 0.3) is 5.91 Å². The average molecular weight is 369 g/mol. The first-order valence-electron chi connectivity index (χ1n) is 8.43. The second-order valence-electron chi connectivity index (χ2n) is 6.13. The Hall–Kier alpha value is -2.63. The predicted octanol–water partition coefficient (Wildman–Crippen LogP) is 3.39. The summed E-state index contributed by atoms with van der Waals surface area (Å²) in [5, 5.41) is 7.84. The van der Waals surface area contributed by atoms with Crippen LogP contribution in [-0.4, -0.2) is 40.7 Å². The molecular formula is C20H21ClN4O. The molecule has 3 aromatic rings. The molecule has 134 valence electrons. The van der Waals surface area contributed by atoms with Crippen LogP contribution in [0.15, 0.2) is 67.0 Å². The molecule has 0 unspecified atom stereocenters. The number of aromatic nitrogens is 2. The number of likely N-dealkylation sites (N-methyl/N-ethyl adjacent to an activating group) is 1. The Morgan fingerprint density at radius 1 is 1.15 bits per heavy atom. The fourth-order valence-corrected chi connectivity index (χ4v) is 2.74. The van der Waals surface area contributed by atoms with Gasteiger partial charge in [-0.25, -0.2) is 4.68 Å². The van der Waals surface area contributed by atoms with Crippen molar-refractivity contribution in [3.8, 4) is 5.69 Å². The lowest BCUT2D eigenvalue weighted by Gasteiger charge is -2.16. The minimum atomic E-state index is -0.127. The summed E-state index contributed by atoms with van der Waals surface area (Å²) in [7, 11) is 2.04. The molecule has 0 aliphatic heterocycles. The first kappa shape index (κ1) is 18.2. The zero-order chi connectivity index (χ0) is 18.4. The number of carbonyl (C=O) groups excluding carboxylic acids is 1. The molecule has 0 atom stereocenters. The Bertz CT molecular complexity index is 846. The number of halogens is 1. The lowest BCUT2D eigenvalue weighted by molar-refractivity contribution is 0.0949. The topological polar surface area (TPSA) is 50.2 Å². The van der Waals surface area contributed by atoms with E-state index in [1.165, 1.54) is 5.56 Å². The Morgan fingerprint density at radius 3 is 2.62 bits per heavy atom. The molecule has 3 rings (SSSR count). The van der Waals surface area contributed by atoms with Crippen LogP contribution in [0.4, 0.5) is 0 Å². The van der Waals surface area contributed by atoms with E-state index in [1.807, 2.05) is 37.4 Å². The number of nitrogens with zero attached hydrogens (tertiary/aromatic N) is 3. The molecule has 0 spiro atoms. The van der Waals surface area contributed by atoms with Gasteiger partial charge in [-0.05, 0) is 36.9 Å². The number of hydrogen-bond acceptors (Lipinski definition) is 3. The average Bonchev–Trinajstić information content (AvgIpc) is 3.13. The molecule has 6 heteroatoms. The van der Waals surface area contributed by atoms with Crippen molar-refractivity contribution in [3.63, 3.8) is 0 Å². The molecule has 0 aliphatic rings. The Kier molecular flexibility index (Phi) is 6.04. The molecule has 26 heavy (non-hydrogen) atoms.